The van der Waals surface area contributed by atoms with Gasteiger partial charge < -0.3 is 14.5 Å². The summed E-state index contributed by atoms with van der Waals surface area (Å²) in [6.45, 7) is 11.2. The lowest BCUT2D eigenvalue weighted by Gasteiger charge is -2.38. The molecule has 1 aliphatic heterocycles. The summed E-state index contributed by atoms with van der Waals surface area (Å²) in [5, 5.41) is 1.16. The van der Waals surface area contributed by atoms with Gasteiger partial charge in [0, 0.05) is 37.4 Å². The number of methoxy groups -OCH3 is 1. The summed E-state index contributed by atoms with van der Waals surface area (Å²) in [5.74, 6) is 2.20. The first-order chi connectivity index (χ1) is 15.2. The van der Waals surface area contributed by atoms with Crippen molar-refractivity contribution in [1.29, 1.82) is 0 Å². The third kappa shape index (κ3) is 6.46. The highest BCUT2D eigenvalue weighted by Gasteiger charge is 2.27. The van der Waals surface area contributed by atoms with Crippen molar-refractivity contribution >= 4 is 16.6 Å². The van der Waals surface area contributed by atoms with Gasteiger partial charge in [-0.15, -0.1) is 6.58 Å². The molecule has 1 aliphatic rings. The second kappa shape index (κ2) is 12.1. The maximum absolute atomic E-state index is 5.44. The number of benzene rings is 1. The minimum atomic E-state index is 0.604. The first-order valence-electron chi connectivity index (χ1n) is 12.1. The summed E-state index contributed by atoms with van der Waals surface area (Å²) in [6, 6.07) is 8.23. The molecule has 4 nitrogen and oxygen atoms in total. The molecule has 31 heavy (non-hydrogen) atoms. The Bertz CT molecular complexity index is 821. The van der Waals surface area contributed by atoms with E-state index in [1.54, 1.807) is 7.11 Å². The van der Waals surface area contributed by atoms with E-state index in [2.05, 4.69) is 53.5 Å². The van der Waals surface area contributed by atoms with Gasteiger partial charge >= 0.3 is 0 Å². The van der Waals surface area contributed by atoms with Crippen molar-refractivity contribution in [3.63, 3.8) is 0 Å². The average molecular weight is 424 g/mol. The SMILES string of the molecule is C=C[C@H]1CN(CCCCCCC)CC[C@H]1CCN(C)c1ccnc2ccc(OC)cc12. The highest BCUT2D eigenvalue weighted by Crippen LogP contribution is 2.31. The highest BCUT2D eigenvalue weighted by atomic mass is 16.5. The van der Waals surface area contributed by atoms with E-state index in [0.29, 0.717) is 5.92 Å². The molecule has 1 saturated heterocycles. The Hall–Kier alpha value is -2.07. The quantitative estimate of drug-likeness (QED) is 0.302. The van der Waals surface area contributed by atoms with Gasteiger partial charge in [0.1, 0.15) is 5.75 Å². The van der Waals surface area contributed by atoms with Crippen molar-refractivity contribution in [3.05, 3.63) is 43.1 Å². The molecule has 2 aromatic rings. The zero-order valence-corrected chi connectivity index (χ0v) is 19.9. The number of aromatic nitrogens is 1. The van der Waals surface area contributed by atoms with Gasteiger partial charge in [0.2, 0.25) is 0 Å². The van der Waals surface area contributed by atoms with E-state index in [4.69, 9.17) is 4.74 Å². The van der Waals surface area contributed by atoms with Crippen molar-refractivity contribution in [2.75, 3.05) is 45.2 Å². The van der Waals surface area contributed by atoms with Crippen LogP contribution in [-0.4, -0.2) is 50.2 Å². The van der Waals surface area contributed by atoms with Crippen LogP contribution in [0, 0.1) is 11.8 Å². The third-order valence-electron chi connectivity index (χ3n) is 6.94. The first-order valence-corrected chi connectivity index (χ1v) is 12.1. The fourth-order valence-corrected chi connectivity index (χ4v) is 4.92. The van der Waals surface area contributed by atoms with Gasteiger partial charge in [0.25, 0.3) is 0 Å². The second-order valence-electron chi connectivity index (χ2n) is 9.09. The number of rotatable bonds is 12. The number of likely N-dealkylation sites (tertiary alicyclic amines) is 1. The van der Waals surface area contributed by atoms with E-state index >= 15 is 0 Å². The van der Waals surface area contributed by atoms with E-state index in [1.807, 2.05) is 18.3 Å². The Labute approximate surface area is 189 Å². The maximum Gasteiger partial charge on any atom is 0.119 e. The Morgan fingerprint density at radius 3 is 2.84 bits per heavy atom. The monoisotopic (exact) mass is 423 g/mol. The molecule has 1 aromatic heterocycles. The Morgan fingerprint density at radius 1 is 1.23 bits per heavy atom. The van der Waals surface area contributed by atoms with E-state index < -0.39 is 0 Å². The maximum atomic E-state index is 5.44. The van der Waals surface area contributed by atoms with Crippen molar-refractivity contribution in [2.45, 2.75) is 51.9 Å². The highest BCUT2D eigenvalue weighted by molar-refractivity contribution is 5.92. The number of anilines is 1. The van der Waals surface area contributed by atoms with Crippen molar-refractivity contribution in [3.8, 4) is 5.75 Å². The lowest BCUT2D eigenvalue weighted by Crippen LogP contribution is -2.41. The molecule has 0 bridgehead atoms. The van der Waals surface area contributed by atoms with Gasteiger partial charge in [0.05, 0.1) is 12.6 Å². The summed E-state index contributed by atoms with van der Waals surface area (Å²) in [5.41, 5.74) is 2.24. The van der Waals surface area contributed by atoms with Crippen LogP contribution in [0.3, 0.4) is 0 Å². The van der Waals surface area contributed by atoms with Gasteiger partial charge in [-0.25, -0.2) is 0 Å². The standard InChI is InChI=1S/C27H41N3O/c1-5-7-8-9-10-17-30-19-15-23(22(6-2)21-30)14-18-29(3)27-13-16-28-26-12-11-24(31-4)20-25(26)27/h6,11-13,16,20,22-23H,2,5,7-10,14-15,17-19,21H2,1,3-4H3/t22-,23+/m0/s1. The van der Waals surface area contributed by atoms with Gasteiger partial charge in [-0.05, 0) is 68.5 Å². The molecule has 2 heterocycles. The Balaban J connectivity index is 1.54. The van der Waals surface area contributed by atoms with Gasteiger partial charge in [-0.2, -0.15) is 0 Å². The fraction of sp³-hybridized carbons (Fsp3) is 0.593. The Kier molecular flexibility index (Phi) is 9.20. The molecule has 0 radical (unpaired) electrons. The summed E-state index contributed by atoms with van der Waals surface area (Å²) in [4.78, 5) is 9.57. The lowest BCUT2D eigenvalue weighted by atomic mass is 9.83. The van der Waals surface area contributed by atoms with Crippen LogP contribution in [0.5, 0.6) is 5.75 Å². The zero-order chi connectivity index (χ0) is 22.1. The van der Waals surface area contributed by atoms with Crippen molar-refractivity contribution in [1.82, 2.24) is 9.88 Å². The minimum Gasteiger partial charge on any atom is -0.497 e. The Morgan fingerprint density at radius 2 is 2.06 bits per heavy atom. The van der Waals surface area contributed by atoms with Crippen LogP contribution in [0.15, 0.2) is 43.1 Å². The molecular weight excluding hydrogens is 382 g/mol. The molecule has 1 fully saturated rings. The second-order valence-corrected chi connectivity index (χ2v) is 9.09. The molecule has 0 spiro atoms. The molecule has 0 amide bonds. The predicted octanol–water partition coefficient (Wildman–Crippen LogP) is 6.16. The summed E-state index contributed by atoms with van der Waals surface area (Å²) >= 11 is 0. The summed E-state index contributed by atoms with van der Waals surface area (Å²) in [6.07, 6.45) is 13.4. The van der Waals surface area contributed by atoms with Crippen molar-refractivity contribution in [2.24, 2.45) is 11.8 Å². The fourth-order valence-electron chi connectivity index (χ4n) is 4.92. The number of hydrogen-bond acceptors (Lipinski definition) is 4. The predicted molar refractivity (Wildman–Crippen MR) is 133 cm³/mol. The normalized spacial score (nSPS) is 19.5. The number of nitrogens with zero attached hydrogens (tertiary/aromatic N) is 3. The molecular formula is C27H41N3O. The first kappa shape index (κ1) is 23.6. The van der Waals surface area contributed by atoms with E-state index in [0.717, 1.165) is 29.1 Å². The lowest BCUT2D eigenvalue weighted by molar-refractivity contribution is 0.138. The molecule has 0 N–H and O–H groups in total. The molecule has 0 unspecified atom stereocenters. The van der Waals surface area contributed by atoms with Gasteiger partial charge in [-0.1, -0.05) is 38.7 Å². The minimum absolute atomic E-state index is 0.604. The molecule has 0 aliphatic carbocycles. The van der Waals surface area contributed by atoms with Crippen LogP contribution in [-0.2, 0) is 0 Å². The van der Waals surface area contributed by atoms with Crippen LogP contribution < -0.4 is 9.64 Å². The topological polar surface area (TPSA) is 28.6 Å². The molecule has 170 valence electrons. The number of ether oxygens (including phenoxy) is 1. The summed E-state index contributed by atoms with van der Waals surface area (Å²) < 4.78 is 5.44. The van der Waals surface area contributed by atoms with Crippen LogP contribution in [0.1, 0.15) is 51.9 Å². The average Bonchev–Trinajstić information content (AvgIpc) is 2.81. The zero-order valence-electron chi connectivity index (χ0n) is 19.9. The number of hydrogen-bond donors (Lipinski definition) is 0. The molecule has 3 rings (SSSR count). The van der Waals surface area contributed by atoms with Crippen LogP contribution in [0.2, 0.25) is 0 Å². The summed E-state index contributed by atoms with van der Waals surface area (Å²) in [7, 11) is 3.91. The van der Waals surface area contributed by atoms with Crippen LogP contribution >= 0.6 is 0 Å². The molecule has 1 aromatic carbocycles. The van der Waals surface area contributed by atoms with Crippen LogP contribution in [0.25, 0.3) is 10.9 Å². The van der Waals surface area contributed by atoms with Gasteiger partial charge in [-0.3, -0.25) is 4.98 Å². The third-order valence-corrected chi connectivity index (χ3v) is 6.94. The van der Waals surface area contributed by atoms with Crippen LogP contribution in [0.4, 0.5) is 5.69 Å². The van der Waals surface area contributed by atoms with E-state index in [9.17, 15) is 0 Å². The number of pyridine rings is 1. The van der Waals surface area contributed by atoms with Gasteiger partial charge in [0.15, 0.2) is 0 Å². The number of piperidine rings is 1. The number of fused-ring (bicyclic) bond motifs is 1. The largest absolute Gasteiger partial charge is 0.497 e. The van der Waals surface area contributed by atoms with Crippen molar-refractivity contribution < 1.29 is 4.74 Å². The molecule has 4 heteroatoms. The number of unbranched alkanes of at least 4 members (excludes halogenated alkanes) is 4. The molecule has 0 saturated carbocycles. The molecule has 2 atom stereocenters. The van der Waals surface area contributed by atoms with E-state index in [1.165, 1.54) is 70.3 Å². The van der Waals surface area contributed by atoms with E-state index in [-0.39, 0.29) is 0 Å². The smallest absolute Gasteiger partial charge is 0.119 e.